The number of hydrogen-bond donors (Lipinski definition) is 1. The van der Waals surface area contributed by atoms with E-state index in [0.717, 1.165) is 11.4 Å². The molecule has 2 atom stereocenters. The number of sulfonamides is 1. The molecule has 1 aromatic heterocycles. The summed E-state index contributed by atoms with van der Waals surface area (Å²) >= 11 is 0. The number of aryl methyl sites for hydroxylation is 3. The zero-order valence-corrected chi connectivity index (χ0v) is 15.5. The minimum absolute atomic E-state index is 0.0254. The first kappa shape index (κ1) is 18.9. The van der Waals surface area contributed by atoms with Crippen molar-refractivity contribution in [2.75, 3.05) is 33.1 Å². The molecule has 0 saturated carbocycles. The van der Waals surface area contributed by atoms with Gasteiger partial charge in [-0.15, -0.1) is 0 Å². The Labute approximate surface area is 143 Å². The topological polar surface area (TPSA) is 93.5 Å². The first-order valence-corrected chi connectivity index (χ1v) is 9.58. The number of ether oxygens (including phenoxy) is 1. The molecule has 0 bridgehead atoms. The van der Waals surface area contributed by atoms with Crippen LogP contribution in [-0.2, 0) is 26.1 Å². The lowest BCUT2D eigenvalue weighted by atomic mass is 10.1. The van der Waals surface area contributed by atoms with Crippen LogP contribution in [-0.4, -0.2) is 67.5 Å². The van der Waals surface area contributed by atoms with Crippen molar-refractivity contribution < 1.29 is 17.9 Å². The summed E-state index contributed by atoms with van der Waals surface area (Å²) in [5, 5.41) is 7.22. The van der Waals surface area contributed by atoms with Crippen molar-refractivity contribution >= 4 is 15.9 Å². The van der Waals surface area contributed by atoms with Gasteiger partial charge in [0.2, 0.25) is 15.9 Å². The Balaban J connectivity index is 1.87. The summed E-state index contributed by atoms with van der Waals surface area (Å²) in [4.78, 5) is 12.2. The number of carbonyl (C=O) groups excluding carboxylic acids is 1. The highest BCUT2D eigenvalue weighted by Crippen LogP contribution is 2.17. The van der Waals surface area contributed by atoms with Gasteiger partial charge in [-0.05, 0) is 19.9 Å². The molecule has 0 unspecified atom stereocenters. The average Bonchev–Trinajstić information content (AvgIpc) is 3.02. The van der Waals surface area contributed by atoms with E-state index in [-0.39, 0.29) is 23.6 Å². The van der Waals surface area contributed by atoms with Gasteiger partial charge in [-0.2, -0.15) is 5.10 Å². The van der Waals surface area contributed by atoms with Gasteiger partial charge in [-0.3, -0.25) is 9.48 Å². The number of rotatable bonds is 7. The molecule has 0 aliphatic carbocycles. The van der Waals surface area contributed by atoms with Crippen molar-refractivity contribution in [1.82, 2.24) is 19.4 Å². The highest BCUT2D eigenvalue weighted by molar-refractivity contribution is 7.89. The Bertz CT molecular complexity index is 684. The minimum Gasteiger partial charge on any atom is -0.379 e. The molecule has 136 valence electrons. The molecule has 0 aromatic carbocycles. The molecule has 2 heterocycles. The van der Waals surface area contributed by atoms with Crippen LogP contribution < -0.4 is 5.32 Å². The molecule has 1 saturated heterocycles. The SMILES string of the molecule is Cc1cc(C)n(CCC(=O)N[C@H]2COC[C@H]2CS(=O)(=O)N(C)C)n1. The predicted octanol–water partition coefficient (Wildman–Crippen LogP) is -0.0874. The number of aromatic nitrogens is 2. The van der Waals surface area contributed by atoms with E-state index >= 15 is 0 Å². The monoisotopic (exact) mass is 358 g/mol. The second-order valence-corrected chi connectivity index (χ2v) is 8.66. The van der Waals surface area contributed by atoms with Crippen LogP contribution in [0.15, 0.2) is 6.07 Å². The lowest BCUT2D eigenvalue weighted by molar-refractivity contribution is -0.122. The van der Waals surface area contributed by atoms with E-state index in [4.69, 9.17) is 4.74 Å². The highest BCUT2D eigenvalue weighted by atomic mass is 32.2. The summed E-state index contributed by atoms with van der Waals surface area (Å²) in [7, 11) is -0.306. The van der Waals surface area contributed by atoms with Crippen molar-refractivity contribution in [3.05, 3.63) is 17.5 Å². The van der Waals surface area contributed by atoms with Crippen LogP contribution >= 0.6 is 0 Å². The third kappa shape index (κ3) is 4.78. The molecular formula is C15H26N4O4S. The number of nitrogens with one attached hydrogen (secondary N) is 1. The van der Waals surface area contributed by atoms with E-state index in [2.05, 4.69) is 10.4 Å². The van der Waals surface area contributed by atoms with Crippen LogP contribution in [0.4, 0.5) is 0 Å². The molecule has 1 aromatic rings. The molecule has 0 spiro atoms. The van der Waals surface area contributed by atoms with E-state index in [1.54, 1.807) is 4.68 Å². The lowest BCUT2D eigenvalue weighted by Gasteiger charge is -2.21. The first-order chi connectivity index (χ1) is 11.2. The molecule has 1 aliphatic heterocycles. The summed E-state index contributed by atoms with van der Waals surface area (Å²) in [5.41, 5.74) is 1.94. The maximum Gasteiger partial charge on any atom is 0.222 e. The van der Waals surface area contributed by atoms with Gasteiger partial charge in [0.1, 0.15) is 0 Å². The smallest absolute Gasteiger partial charge is 0.222 e. The van der Waals surface area contributed by atoms with Crippen LogP contribution in [0.3, 0.4) is 0 Å². The third-order valence-corrected chi connectivity index (χ3v) is 6.14. The quantitative estimate of drug-likeness (QED) is 0.735. The molecule has 9 heteroatoms. The normalized spacial score (nSPS) is 21.4. The van der Waals surface area contributed by atoms with Gasteiger partial charge >= 0.3 is 0 Å². The van der Waals surface area contributed by atoms with Crippen LogP contribution in [0.25, 0.3) is 0 Å². The van der Waals surface area contributed by atoms with Crippen molar-refractivity contribution in [1.29, 1.82) is 0 Å². The summed E-state index contributed by atoms with van der Waals surface area (Å²) in [6.07, 6.45) is 0.297. The van der Waals surface area contributed by atoms with E-state index in [1.807, 2.05) is 19.9 Å². The number of amides is 1. The number of nitrogens with zero attached hydrogens (tertiary/aromatic N) is 3. The van der Waals surface area contributed by atoms with Gasteiger partial charge in [0.15, 0.2) is 0 Å². The van der Waals surface area contributed by atoms with Gasteiger partial charge in [0.25, 0.3) is 0 Å². The Kier molecular flexibility index (Phi) is 6.00. The average molecular weight is 358 g/mol. The summed E-state index contributed by atoms with van der Waals surface area (Å²) < 4.78 is 32.4. The van der Waals surface area contributed by atoms with Gasteiger partial charge in [0.05, 0.1) is 30.7 Å². The Hall–Kier alpha value is -1.45. The fourth-order valence-corrected chi connectivity index (χ4v) is 3.90. The second kappa shape index (κ2) is 7.62. The van der Waals surface area contributed by atoms with E-state index < -0.39 is 10.0 Å². The molecule has 8 nitrogen and oxygen atoms in total. The molecule has 1 N–H and O–H groups in total. The fraction of sp³-hybridized carbons (Fsp3) is 0.733. The standard InChI is InChI=1S/C15H26N4O4S/c1-11-7-12(2)19(17-11)6-5-15(20)16-14-9-23-8-13(14)10-24(21,22)18(3)4/h7,13-14H,5-6,8-10H2,1-4H3,(H,16,20)/t13-,14-/m0/s1. The molecule has 1 aliphatic rings. The molecule has 0 radical (unpaired) electrons. The van der Waals surface area contributed by atoms with Gasteiger partial charge < -0.3 is 10.1 Å². The van der Waals surface area contributed by atoms with Gasteiger partial charge in [-0.1, -0.05) is 0 Å². The lowest BCUT2D eigenvalue weighted by Crippen LogP contribution is -2.43. The molecular weight excluding hydrogens is 332 g/mol. The van der Waals surface area contributed by atoms with E-state index in [0.29, 0.717) is 26.2 Å². The van der Waals surface area contributed by atoms with Crippen LogP contribution in [0, 0.1) is 19.8 Å². The van der Waals surface area contributed by atoms with E-state index in [1.165, 1.54) is 18.4 Å². The van der Waals surface area contributed by atoms with Crippen molar-refractivity contribution in [2.24, 2.45) is 5.92 Å². The Morgan fingerprint density at radius 1 is 1.42 bits per heavy atom. The van der Waals surface area contributed by atoms with Gasteiger partial charge in [-0.25, -0.2) is 12.7 Å². The molecule has 2 rings (SSSR count). The minimum atomic E-state index is -3.32. The summed E-state index contributed by atoms with van der Waals surface area (Å²) in [6.45, 7) is 5.05. The van der Waals surface area contributed by atoms with Crippen LogP contribution in [0.1, 0.15) is 17.8 Å². The Morgan fingerprint density at radius 3 is 2.71 bits per heavy atom. The van der Waals surface area contributed by atoms with E-state index in [9.17, 15) is 13.2 Å². The van der Waals surface area contributed by atoms with Crippen molar-refractivity contribution in [3.63, 3.8) is 0 Å². The maximum atomic E-state index is 12.2. The van der Waals surface area contributed by atoms with Crippen molar-refractivity contribution in [3.8, 4) is 0 Å². The largest absolute Gasteiger partial charge is 0.379 e. The van der Waals surface area contributed by atoms with Crippen molar-refractivity contribution in [2.45, 2.75) is 32.9 Å². The zero-order chi connectivity index (χ0) is 17.9. The van der Waals surface area contributed by atoms with Crippen LogP contribution in [0.5, 0.6) is 0 Å². The number of hydrogen-bond acceptors (Lipinski definition) is 5. The zero-order valence-electron chi connectivity index (χ0n) is 14.7. The fourth-order valence-electron chi connectivity index (χ4n) is 2.73. The maximum absolute atomic E-state index is 12.2. The summed E-state index contributed by atoms with van der Waals surface area (Å²) in [6, 6.07) is 1.69. The molecule has 1 fully saturated rings. The summed E-state index contributed by atoms with van der Waals surface area (Å²) in [5.74, 6) is -0.372. The molecule has 24 heavy (non-hydrogen) atoms. The molecule has 1 amide bonds. The highest BCUT2D eigenvalue weighted by Gasteiger charge is 2.34. The Morgan fingerprint density at radius 2 is 2.12 bits per heavy atom. The predicted molar refractivity (Wildman–Crippen MR) is 90.0 cm³/mol. The third-order valence-electron chi connectivity index (χ3n) is 4.18. The first-order valence-electron chi connectivity index (χ1n) is 7.97. The van der Waals surface area contributed by atoms with Crippen LogP contribution in [0.2, 0.25) is 0 Å². The second-order valence-electron chi connectivity index (χ2n) is 6.43. The van der Waals surface area contributed by atoms with Gasteiger partial charge in [0, 0.05) is 38.7 Å². The number of carbonyl (C=O) groups is 1.